The topological polar surface area (TPSA) is 63.1 Å². The summed E-state index contributed by atoms with van der Waals surface area (Å²) in [5.74, 6) is -0.0499. The number of hydrogen-bond acceptors (Lipinski definition) is 3. The van der Waals surface area contributed by atoms with Gasteiger partial charge in [0, 0.05) is 5.56 Å². The van der Waals surface area contributed by atoms with Crippen LogP contribution in [0.25, 0.3) is 11.3 Å². The first-order chi connectivity index (χ1) is 14.2. The van der Waals surface area contributed by atoms with Gasteiger partial charge in [0.2, 0.25) is 5.62 Å². The molecule has 3 aromatic carbocycles. The molecule has 0 radical (unpaired) electrons. The first kappa shape index (κ1) is 21.2. The Bertz CT molecular complexity index is 1200. The van der Waals surface area contributed by atoms with Crippen LogP contribution in [-0.4, -0.2) is 21.2 Å². The molecule has 5 nitrogen and oxygen atoms in total. The van der Waals surface area contributed by atoms with Gasteiger partial charge < -0.3 is 4.57 Å². The molecule has 30 heavy (non-hydrogen) atoms. The van der Waals surface area contributed by atoms with Crippen LogP contribution in [0.4, 0.5) is 0 Å². The number of imidazole rings is 1. The van der Waals surface area contributed by atoms with E-state index in [9.17, 15) is 4.79 Å². The maximum absolute atomic E-state index is 12.8. The van der Waals surface area contributed by atoms with Gasteiger partial charge in [0.15, 0.2) is 5.78 Å². The Labute approximate surface area is 185 Å². The van der Waals surface area contributed by atoms with Gasteiger partial charge in [-0.3, -0.25) is 10.2 Å². The summed E-state index contributed by atoms with van der Waals surface area (Å²) in [6, 6.07) is 28.6. The number of carbonyl (C=O) groups excluding carboxylic acids is 1. The van der Waals surface area contributed by atoms with E-state index in [1.54, 1.807) is 29.1 Å². The van der Waals surface area contributed by atoms with E-state index in [1.165, 1.54) is 4.68 Å². The molecule has 4 rings (SSSR count). The fourth-order valence-electron chi connectivity index (χ4n) is 3.10. The minimum atomic E-state index is -0.0499. The summed E-state index contributed by atoms with van der Waals surface area (Å²) >= 11 is 0. The summed E-state index contributed by atoms with van der Waals surface area (Å²) < 4.78 is 3.18. The standard InChI is InChI=1S/C24H20N4O.BrH/c25-24-27(18-23(29)21-14-8-3-9-15-21)22(20-12-6-2-7-13-20)17-28(24)26-16-19-10-4-1-5-11-19;/h1-17,25H,18H2;1H/b25-24?,26-16+;. The van der Waals surface area contributed by atoms with Crippen molar-refractivity contribution in [2.45, 2.75) is 6.54 Å². The lowest BCUT2D eigenvalue weighted by molar-refractivity contribution is 0.0970. The first-order valence-corrected chi connectivity index (χ1v) is 9.32. The molecule has 0 aliphatic rings. The van der Waals surface area contributed by atoms with E-state index < -0.39 is 0 Å². The maximum atomic E-state index is 12.8. The van der Waals surface area contributed by atoms with Crippen molar-refractivity contribution in [3.05, 3.63) is 114 Å². The Hall–Kier alpha value is -3.51. The number of halogens is 1. The van der Waals surface area contributed by atoms with Gasteiger partial charge in [0.05, 0.1) is 24.7 Å². The quantitative estimate of drug-likeness (QED) is 0.326. The van der Waals surface area contributed by atoms with Crippen LogP contribution in [0.2, 0.25) is 0 Å². The van der Waals surface area contributed by atoms with Crippen molar-refractivity contribution in [2.75, 3.05) is 0 Å². The van der Waals surface area contributed by atoms with Crippen molar-refractivity contribution < 1.29 is 4.79 Å². The van der Waals surface area contributed by atoms with Crippen molar-refractivity contribution in [3.63, 3.8) is 0 Å². The molecular weight excluding hydrogens is 440 g/mol. The second kappa shape index (κ2) is 9.80. The monoisotopic (exact) mass is 460 g/mol. The van der Waals surface area contributed by atoms with Crippen molar-refractivity contribution in [1.82, 2.24) is 9.24 Å². The normalized spacial score (nSPS) is 10.7. The van der Waals surface area contributed by atoms with Gasteiger partial charge in [0.25, 0.3) is 0 Å². The second-order valence-corrected chi connectivity index (χ2v) is 6.58. The van der Waals surface area contributed by atoms with E-state index in [2.05, 4.69) is 5.10 Å². The summed E-state index contributed by atoms with van der Waals surface area (Å²) in [5, 5.41) is 13.0. The van der Waals surface area contributed by atoms with E-state index >= 15 is 0 Å². The zero-order valence-corrected chi connectivity index (χ0v) is 17.9. The van der Waals surface area contributed by atoms with E-state index in [0.29, 0.717) is 5.56 Å². The highest BCUT2D eigenvalue weighted by Crippen LogP contribution is 2.18. The first-order valence-electron chi connectivity index (χ1n) is 9.32. The third-order valence-electron chi connectivity index (χ3n) is 4.61. The molecule has 0 amide bonds. The molecule has 0 spiro atoms. The van der Waals surface area contributed by atoms with Crippen LogP contribution < -0.4 is 5.62 Å². The lowest BCUT2D eigenvalue weighted by Crippen LogP contribution is -2.26. The highest BCUT2D eigenvalue weighted by atomic mass is 79.9. The number of hydrogen-bond donors (Lipinski definition) is 1. The van der Waals surface area contributed by atoms with Gasteiger partial charge >= 0.3 is 0 Å². The van der Waals surface area contributed by atoms with Gasteiger partial charge in [-0.05, 0) is 11.1 Å². The van der Waals surface area contributed by atoms with Crippen molar-refractivity contribution >= 4 is 29.0 Å². The summed E-state index contributed by atoms with van der Waals surface area (Å²) in [6.45, 7) is 0.0704. The number of carbonyl (C=O) groups is 1. The molecule has 0 fully saturated rings. The fourth-order valence-corrected chi connectivity index (χ4v) is 3.10. The number of ketones is 1. The third-order valence-corrected chi connectivity index (χ3v) is 4.61. The molecule has 1 aromatic heterocycles. The molecule has 0 saturated heterocycles. The number of aromatic nitrogens is 2. The highest BCUT2D eigenvalue weighted by molar-refractivity contribution is 8.93. The fraction of sp³-hybridized carbons (Fsp3) is 0.0417. The van der Waals surface area contributed by atoms with E-state index in [4.69, 9.17) is 5.41 Å². The number of nitrogens with zero attached hydrogens (tertiary/aromatic N) is 3. The Kier molecular flexibility index (Phi) is 6.93. The molecule has 0 bridgehead atoms. The lowest BCUT2D eigenvalue weighted by atomic mass is 10.1. The summed E-state index contributed by atoms with van der Waals surface area (Å²) in [4.78, 5) is 12.8. The van der Waals surface area contributed by atoms with Crippen molar-refractivity contribution in [3.8, 4) is 11.3 Å². The molecule has 0 saturated carbocycles. The number of Topliss-reactive ketones (excluding diaryl/α,β-unsaturated/α-hetero) is 1. The van der Waals surface area contributed by atoms with Crippen molar-refractivity contribution in [1.29, 1.82) is 5.41 Å². The average molecular weight is 461 g/mol. The molecular formula is C24H21BrN4O. The molecule has 1 N–H and O–H groups in total. The van der Waals surface area contributed by atoms with Gasteiger partial charge in [-0.1, -0.05) is 91.0 Å². The largest absolute Gasteiger partial charge is 0.301 e. The highest BCUT2D eigenvalue weighted by Gasteiger charge is 2.14. The van der Waals surface area contributed by atoms with Crippen molar-refractivity contribution in [2.24, 2.45) is 5.10 Å². The van der Waals surface area contributed by atoms with Crippen LogP contribution in [0.1, 0.15) is 15.9 Å². The van der Waals surface area contributed by atoms with Crippen LogP contribution in [0.3, 0.4) is 0 Å². The number of benzene rings is 3. The Morgan fingerprint density at radius 1 is 0.867 bits per heavy atom. The zero-order chi connectivity index (χ0) is 20.1. The minimum absolute atomic E-state index is 0. The van der Waals surface area contributed by atoms with Crippen LogP contribution in [0, 0.1) is 5.41 Å². The van der Waals surface area contributed by atoms with Crippen LogP contribution >= 0.6 is 17.0 Å². The molecule has 6 heteroatoms. The molecule has 1 heterocycles. The third kappa shape index (κ3) is 4.72. The van der Waals surface area contributed by atoms with Gasteiger partial charge in [-0.15, -0.1) is 17.0 Å². The molecule has 0 atom stereocenters. The van der Waals surface area contributed by atoms with Gasteiger partial charge in [0.1, 0.15) is 0 Å². The van der Waals surface area contributed by atoms with E-state index in [1.807, 2.05) is 78.9 Å². The molecule has 0 aliphatic carbocycles. The molecule has 4 aromatic rings. The van der Waals surface area contributed by atoms with Gasteiger partial charge in [-0.25, -0.2) is 4.68 Å². The summed E-state index contributed by atoms with van der Waals surface area (Å²) in [7, 11) is 0. The predicted octanol–water partition coefficient (Wildman–Crippen LogP) is 4.78. The second-order valence-electron chi connectivity index (χ2n) is 6.58. The van der Waals surface area contributed by atoms with Crippen LogP contribution in [0.5, 0.6) is 0 Å². The Balaban J connectivity index is 0.00000256. The van der Waals surface area contributed by atoms with E-state index in [-0.39, 0.29) is 34.9 Å². The molecule has 150 valence electrons. The van der Waals surface area contributed by atoms with E-state index in [0.717, 1.165) is 16.8 Å². The minimum Gasteiger partial charge on any atom is -0.301 e. The smallest absolute Gasteiger partial charge is 0.224 e. The van der Waals surface area contributed by atoms with Gasteiger partial charge in [-0.2, -0.15) is 5.10 Å². The Morgan fingerprint density at radius 2 is 1.43 bits per heavy atom. The zero-order valence-electron chi connectivity index (χ0n) is 16.2. The van der Waals surface area contributed by atoms with Crippen LogP contribution in [0.15, 0.2) is 102 Å². The molecule has 0 unspecified atom stereocenters. The Morgan fingerprint density at radius 3 is 2.07 bits per heavy atom. The summed E-state index contributed by atoms with van der Waals surface area (Å²) in [5.41, 5.74) is 3.40. The molecule has 0 aliphatic heterocycles. The SMILES string of the molecule is Br.N=c1n(/N=C/c2ccccc2)cc(-c2ccccc2)n1CC(=O)c1ccccc1. The van der Waals surface area contributed by atoms with Crippen LogP contribution in [-0.2, 0) is 6.54 Å². The predicted molar refractivity (Wildman–Crippen MR) is 124 cm³/mol. The summed E-state index contributed by atoms with van der Waals surface area (Å²) in [6.07, 6.45) is 3.49. The maximum Gasteiger partial charge on any atom is 0.224 e. The number of rotatable bonds is 6. The lowest BCUT2D eigenvalue weighted by Gasteiger charge is -2.07. The number of nitrogens with one attached hydrogen (secondary N) is 1. The average Bonchev–Trinajstić information content (AvgIpc) is 3.09.